The van der Waals surface area contributed by atoms with Crippen molar-refractivity contribution in [3.05, 3.63) is 158 Å². The van der Waals surface area contributed by atoms with E-state index in [2.05, 4.69) is 149 Å². The number of rotatable bonds is 71. The highest BCUT2D eigenvalue weighted by Crippen LogP contribution is 2.45. The number of hydrogen-bond acceptors (Lipinski definition) is 15. The van der Waals surface area contributed by atoms with Gasteiger partial charge in [0.25, 0.3) is 0 Å². The molecule has 0 saturated carbocycles. The van der Waals surface area contributed by atoms with Crippen LogP contribution in [-0.2, 0) is 65.4 Å². The summed E-state index contributed by atoms with van der Waals surface area (Å²) in [5.74, 6) is -2.42. The Morgan fingerprint density at radius 2 is 0.559 bits per heavy atom. The number of phosphoric ester groups is 2. The normalized spacial score (nSPS) is 14.8. The van der Waals surface area contributed by atoms with Gasteiger partial charge in [0.1, 0.15) is 19.3 Å². The largest absolute Gasteiger partial charge is 0.472 e. The quantitative estimate of drug-likeness (QED) is 0.0169. The minimum atomic E-state index is -5.02. The molecule has 0 bridgehead atoms. The van der Waals surface area contributed by atoms with Crippen LogP contribution < -0.4 is 0 Å². The smallest absolute Gasteiger partial charge is 0.462 e. The maximum atomic E-state index is 13.1. The summed E-state index contributed by atoms with van der Waals surface area (Å²) in [6.45, 7) is 4.33. The van der Waals surface area contributed by atoms with Crippen LogP contribution in [0.25, 0.3) is 0 Å². The van der Waals surface area contributed by atoms with Gasteiger partial charge in [-0.05, 0) is 122 Å². The van der Waals surface area contributed by atoms with Gasteiger partial charge in [-0.1, -0.05) is 295 Å². The molecule has 5 unspecified atom stereocenters. The molecule has 0 fully saturated rings. The van der Waals surface area contributed by atoms with E-state index in [0.717, 1.165) is 135 Å². The first-order valence-corrected chi connectivity index (χ1v) is 41.7. The molecule has 0 aliphatic heterocycles. The summed E-state index contributed by atoms with van der Waals surface area (Å²) < 4.78 is 68.3. The Morgan fingerprint density at radius 1 is 0.294 bits per heavy atom. The molecule has 0 rings (SSSR count). The van der Waals surface area contributed by atoms with E-state index in [4.69, 9.17) is 37.0 Å². The second-order valence-corrected chi connectivity index (χ2v) is 28.1. The summed E-state index contributed by atoms with van der Waals surface area (Å²) in [6.07, 6.45) is 85.6. The van der Waals surface area contributed by atoms with E-state index >= 15 is 0 Å². The molecule has 0 spiro atoms. The molecule has 0 aliphatic rings. The Kier molecular flexibility index (Phi) is 70.1. The van der Waals surface area contributed by atoms with Crippen LogP contribution >= 0.6 is 15.6 Å². The molecule has 0 saturated heterocycles. The molecule has 19 heteroatoms. The van der Waals surface area contributed by atoms with Crippen molar-refractivity contribution in [1.29, 1.82) is 0 Å². The molecular formula is C83H136O17P2. The molecule has 17 nitrogen and oxygen atoms in total. The minimum Gasteiger partial charge on any atom is -0.462 e. The highest BCUT2D eigenvalue weighted by molar-refractivity contribution is 7.47. The average Bonchev–Trinajstić information content (AvgIpc) is 0.923. The van der Waals surface area contributed by atoms with Gasteiger partial charge in [-0.3, -0.25) is 37.3 Å². The third-order valence-electron chi connectivity index (χ3n) is 15.5. The molecule has 580 valence electrons. The SMILES string of the molecule is CC/C=C\C/C=C\C/C=C\C/C=C\C/C=C\CCCC(=O)OCC(COP(=O)(O)OCC(O)COP(=O)(O)OCC(COC(=O)CCCCCCC/C=C\C/C=C\C/C=C\CC)OC(=O)CCCCCCCCCCCCCCCCC)OC(=O)C/C=C\C/C=C\C/C=C\C/C=C\C/C=C\CC. The second kappa shape index (κ2) is 74.0. The first kappa shape index (κ1) is 96.7. The van der Waals surface area contributed by atoms with Crippen LogP contribution in [0.15, 0.2) is 158 Å². The number of carbonyl (C=O) groups is 4. The van der Waals surface area contributed by atoms with Gasteiger partial charge in [0.2, 0.25) is 0 Å². The summed E-state index contributed by atoms with van der Waals surface area (Å²) >= 11 is 0. The molecule has 0 amide bonds. The lowest BCUT2D eigenvalue weighted by Crippen LogP contribution is -2.30. The summed E-state index contributed by atoms with van der Waals surface area (Å²) in [7, 11) is -10.0. The number of aliphatic hydroxyl groups is 1. The summed E-state index contributed by atoms with van der Waals surface area (Å²) in [6, 6.07) is 0. The van der Waals surface area contributed by atoms with E-state index < -0.39 is 97.5 Å². The molecule has 0 aromatic heterocycles. The Hall–Kier alpha value is -5.32. The van der Waals surface area contributed by atoms with Crippen molar-refractivity contribution in [2.75, 3.05) is 39.6 Å². The fourth-order valence-corrected chi connectivity index (χ4v) is 11.3. The van der Waals surface area contributed by atoms with Gasteiger partial charge in [-0.2, -0.15) is 0 Å². The zero-order valence-corrected chi connectivity index (χ0v) is 65.0. The van der Waals surface area contributed by atoms with Gasteiger partial charge in [0, 0.05) is 19.3 Å². The molecule has 3 N–H and O–H groups in total. The molecule has 0 heterocycles. The summed E-state index contributed by atoms with van der Waals surface area (Å²) in [4.78, 5) is 72.9. The van der Waals surface area contributed by atoms with E-state index in [1.54, 1.807) is 12.2 Å². The molecular weight excluding hydrogens is 1330 g/mol. The lowest BCUT2D eigenvalue weighted by atomic mass is 10.0. The monoisotopic (exact) mass is 1470 g/mol. The Bertz CT molecular complexity index is 2550. The molecule has 0 radical (unpaired) electrons. The summed E-state index contributed by atoms with van der Waals surface area (Å²) in [5.41, 5.74) is 0. The van der Waals surface area contributed by atoms with E-state index in [0.29, 0.717) is 32.1 Å². The highest BCUT2D eigenvalue weighted by Gasteiger charge is 2.30. The first-order valence-electron chi connectivity index (χ1n) is 38.7. The van der Waals surface area contributed by atoms with Gasteiger partial charge in [-0.25, -0.2) is 9.13 Å². The molecule has 102 heavy (non-hydrogen) atoms. The fraction of sp³-hybridized carbons (Fsp3) is 0.639. The standard InChI is InChI=1S/C83H136O17P2/c1-5-9-13-17-21-25-29-33-37-38-42-44-48-52-56-60-64-68-81(86)94-74-79(100-83(88)70-66-62-58-54-50-46-41-36-32-28-24-20-16-12-8-4)76-98-102(91,92)96-72-77(84)71-95-101(89,90)97-75-78(99-82(87)69-65-61-57-53-49-45-40-35-31-27-23-19-15-11-7-3)73-93-80(85)67-63-59-55-51-47-43-39-34-30-26-22-18-14-10-6-2/h9-10,12-14,16,21-22,24-26,28,33-34,36-37,39,41-42,44,50,52,54,56,62,66,77-79,84H,5-8,11,15,17-20,23,27,29-32,35,38,40,43,45-49,51,53,55,57-61,63-65,67-76H2,1-4H3,(H,89,90)(H,91,92)/b13-9-,14-10-,16-12-,25-21-,26-22-,28-24-,37-33-,39-34-,41-36-,44-42-,54-50-,56-52-,66-62-. The molecule has 0 aromatic carbocycles. The van der Waals surface area contributed by atoms with Gasteiger partial charge in [-0.15, -0.1) is 0 Å². The predicted molar refractivity (Wildman–Crippen MR) is 417 cm³/mol. The Morgan fingerprint density at radius 3 is 0.912 bits per heavy atom. The van der Waals surface area contributed by atoms with Crippen molar-refractivity contribution in [2.45, 2.75) is 303 Å². The van der Waals surface area contributed by atoms with Crippen molar-refractivity contribution >= 4 is 39.5 Å². The number of aliphatic hydroxyl groups excluding tert-OH is 1. The average molecular weight is 1470 g/mol. The van der Waals surface area contributed by atoms with Gasteiger partial charge >= 0.3 is 39.5 Å². The Balaban J connectivity index is 5.49. The first-order chi connectivity index (χ1) is 49.7. The topological polar surface area (TPSA) is 237 Å². The van der Waals surface area contributed by atoms with Crippen LogP contribution in [0.2, 0.25) is 0 Å². The van der Waals surface area contributed by atoms with Crippen molar-refractivity contribution in [1.82, 2.24) is 0 Å². The van der Waals surface area contributed by atoms with Crippen LogP contribution in [0.4, 0.5) is 0 Å². The zero-order valence-electron chi connectivity index (χ0n) is 63.2. The Labute approximate surface area is 617 Å². The highest BCUT2D eigenvalue weighted by atomic mass is 31.2. The van der Waals surface area contributed by atoms with Crippen LogP contribution in [-0.4, -0.2) is 96.7 Å². The summed E-state index contributed by atoms with van der Waals surface area (Å²) in [5, 5.41) is 10.6. The van der Waals surface area contributed by atoms with Crippen molar-refractivity contribution in [3.8, 4) is 0 Å². The van der Waals surface area contributed by atoms with Crippen LogP contribution in [0.3, 0.4) is 0 Å². The number of carbonyl (C=O) groups excluding carboxylic acids is 4. The lowest BCUT2D eigenvalue weighted by Gasteiger charge is -2.21. The third kappa shape index (κ3) is 73.0. The van der Waals surface area contributed by atoms with Crippen molar-refractivity contribution < 1.29 is 80.2 Å². The maximum absolute atomic E-state index is 13.1. The van der Waals surface area contributed by atoms with E-state index in [1.807, 2.05) is 24.3 Å². The maximum Gasteiger partial charge on any atom is 0.472 e. The number of hydrogen-bond donors (Lipinski definition) is 3. The molecule has 5 atom stereocenters. The number of ether oxygens (including phenoxy) is 4. The van der Waals surface area contributed by atoms with Gasteiger partial charge in [0.05, 0.1) is 32.8 Å². The molecule has 0 aliphatic carbocycles. The minimum absolute atomic E-state index is 0.0584. The van der Waals surface area contributed by atoms with Crippen LogP contribution in [0.1, 0.15) is 285 Å². The van der Waals surface area contributed by atoms with E-state index in [1.165, 1.54) is 64.2 Å². The number of phosphoric acid groups is 2. The van der Waals surface area contributed by atoms with Crippen molar-refractivity contribution in [2.24, 2.45) is 0 Å². The molecule has 0 aromatic rings. The van der Waals surface area contributed by atoms with E-state index in [-0.39, 0.29) is 25.7 Å². The number of allylic oxidation sites excluding steroid dienone is 25. The third-order valence-corrected chi connectivity index (χ3v) is 17.4. The lowest BCUT2D eigenvalue weighted by molar-refractivity contribution is -0.161. The van der Waals surface area contributed by atoms with E-state index in [9.17, 15) is 43.2 Å². The van der Waals surface area contributed by atoms with Gasteiger partial charge < -0.3 is 33.8 Å². The number of esters is 4. The van der Waals surface area contributed by atoms with Crippen LogP contribution in [0.5, 0.6) is 0 Å². The predicted octanol–water partition coefficient (Wildman–Crippen LogP) is 22.4. The van der Waals surface area contributed by atoms with Crippen molar-refractivity contribution in [3.63, 3.8) is 0 Å². The fourth-order valence-electron chi connectivity index (χ4n) is 9.76. The van der Waals surface area contributed by atoms with Crippen LogP contribution in [0, 0.1) is 0 Å². The van der Waals surface area contributed by atoms with Gasteiger partial charge in [0.15, 0.2) is 12.2 Å². The zero-order chi connectivity index (χ0) is 74.6. The number of unbranched alkanes of at least 4 members (excludes halogenated alkanes) is 20. The second-order valence-electron chi connectivity index (χ2n) is 25.2.